The molecule has 1 aromatic heterocycles. The zero-order chi connectivity index (χ0) is 11.5. The van der Waals surface area contributed by atoms with Crippen LogP contribution in [0.3, 0.4) is 0 Å². The predicted molar refractivity (Wildman–Crippen MR) is 65.6 cm³/mol. The fourth-order valence-electron chi connectivity index (χ4n) is 2.37. The highest BCUT2D eigenvalue weighted by Crippen LogP contribution is 2.29. The van der Waals surface area contributed by atoms with Crippen LogP contribution in [0, 0.1) is 0 Å². The number of aromatic hydroxyl groups is 1. The molecule has 16 heavy (non-hydrogen) atoms. The maximum absolute atomic E-state index is 9.39. The van der Waals surface area contributed by atoms with Gasteiger partial charge in [0.1, 0.15) is 0 Å². The first kappa shape index (κ1) is 11.0. The molecule has 1 heterocycles. The minimum Gasteiger partial charge on any atom is -0.493 e. The maximum atomic E-state index is 9.39. The Hall–Kier alpha value is -1.45. The van der Waals surface area contributed by atoms with Crippen molar-refractivity contribution in [2.75, 3.05) is 17.7 Å². The van der Waals surface area contributed by atoms with Gasteiger partial charge in [0.25, 0.3) is 0 Å². The van der Waals surface area contributed by atoms with Crippen molar-refractivity contribution < 1.29 is 5.11 Å². The molecule has 0 bridgehead atoms. The summed E-state index contributed by atoms with van der Waals surface area (Å²) in [5, 5.41) is 9.39. The second-order valence-electron chi connectivity index (χ2n) is 4.49. The second kappa shape index (κ2) is 4.60. The summed E-state index contributed by atoms with van der Waals surface area (Å²) in [5.74, 6) is 0.735. The minimum atomic E-state index is 0.0341. The lowest BCUT2D eigenvalue weighted by Crippen LogP contribution is -2.34. The molecule has 1 aliphatic rings. The van der Waals surface area contributed by atoms with Crippen LogP contribution in [0.1, 0.15) is 32.1 Å². The molecule has 0 saturated heterocycles. The number of nitrogen functional groups attached to an aromatic ring is 1. The Morgan fingerprint density at radius 3 is 2.69 bits per heavy atom. The van der Waals surface area contributed by atoms with E-state index in [1.165, 1.54) is 38.2 Å². The highest BCUT2D eigenvalue weighted by molar-refractivity contribution is 5.63. The summed E-state index contributed by atoms with van der Waals surface area (Å²) >= 11 is 0. The average Bonchev–Trinajstić information content (AvgIpc) is 2.32. The normalized spacial score (nSPS) is 17.3. The van der Waals surface area contributed by atoms with Gasteiger partial charge in [-0.25, -0.2) is 0 Å². The van der Waals surface area contributed by atoms with Crippen LogP contribution in [-0.2, 0) is 0 Å². The highest BCUT2D eigenvalue weighted by Gasteiger charge is 2.20. The Morgan fingerprint density at radius 2 is 2.00 bits per heavy atom. The van der Waals surface area contributed by atoms with Crippen LogP contribution in [0.2, 0.25) is 0 Å². The van der Waals surface area contributed by atoms with Crippen LogP contribution in [0.5, 0.6) is 5.88 Å². The zero-order valence-electron chi connectivity index (χ0n) is 9.69. The van der Waals surface area contributed by atoms with Crippen molar-refractivity contribution in [2.45, 2.75) is 38.1 Å². The second-order valence-corrected chi connectivity index (χ2v) is 4.49. The van der Waals surface area contributed by atoms with E-state index in [1.807, 2.05) is 7.05 Å². The first-order valence-corrected chi connectivity index (χ1v) is 5.87. The molecule has 88 valence electrons. The molecule has 1 aromatic rings. The van der Waals surface area contributed by atoms with E-state index in [0.717, 1.165) is 0 Å². The van der Waals surface area contributed by atoms with Gasteiger partial charge in [0.05, 0.1) is 5.69 Å². The van der Waals surface area contributed by atoms with Crippen molar-refractivity contribution in [1.29, 1.82) is 0 Å². The lowest BCUT2D eigenvalue weighted by molar-refractivity contribution is 0.422. The standard InChI is InChI=1S/C12H19N3O/c1-15(9-5-3-2-4-6-9)12-10(13)7-8-11(16)14-12/h7-9H,2-6,13H2,1H3,(H,14,16). The predicted octanol–water partition coefficient (Wildman–Crippen LogP) is 2.14. The van der Waals surface area contributed by atoms with E-state index in [1.54, 1.807) is 6.07 Å². The van der Waals surface area contributed by atoms with E-state index in [0.29, 0.717) is 17.5 Å². The number of rotatable bonds is 2. The van der Waals surface area contributed by atoms with Crippen molar-refractivity contribution in [3.05, 3.63) is 12.1 Å². The van der Waals surface area contributed by atoms with Gasteiger partial charge in [-0.2, -0.15) is 4.98 Å². The van der Waals surface area contributed by atoms with E-state index >= 15 is 0 Å². The molecule has 1 fully saturated rings. The number of nitrogens with two attached hydrogens (primary N) is 1. The number of aromatic nitrogens is 1. The van der Waals surface area contributed by atoms with Gasteiger partial charge in [0.15, 0.2) is 5.82 Å². The molecule has 0 amide bonds. The molecule has 1 aliphatic carbocycles. The summed E-state index contributed by atoms with van der Waals surface area (Å²) in [4.78, 5) is 6.21. The van der Waals surface area contributed by atoms with Gasteiger partial charge in [-0.15, -0.1) is 0 Å². The third kappa shape index (κ3) is 2.21. The molecule has 3 N–H and O–H groups in total. The Bertz CT molecular complexity index is 361. The summed E-state index contributed by atoms with van der Waals surface area (Å²) in [6, 6.07) is 3.73. The molecular weight excluding hydrogens is 202 g/mol. The van der Waals surface area contributed by atoms with Crippen LogP contribution < -0.4 is 10.6 Å². The van der Waals surface area contributed by atoms with Crippen molar-refractivity contribution in [3.8, 4) is 5.88 Å². The molecule has 2 rings (SSSR count). The Morgan fingerprint density at radius 1 is 1.31 bits per heavy atom. The van der Waals surface area contributed by atoms with Crippen molar-refractivity contribution >= 4 is 11.5 Å². The molecule has 0 atom stereocenters. The number of hydrogen-bond acceptors (Lipinski definition) is 4. The van der Waals surface area contributed by atoms with Crippen LogP contribution in [0.25, 0.3) is 0 Å². The summed E-state index contributed by atoms with van der Waals surface area (Å²) in [6.07, 6.45) is 6.25. The van der Waals surface area contributed by atoms with Gasteiger partial charge in [0, 0.05) is 19.2 Å². The first-order valence-electron chi connectivity index (χ1n) is 5.87. The third-order valence-electron chi connectivity index (χ3n) is 3.35. The zero-order valence-corrected chi connectivity index (χ0v) is 9.69. The summed E-state index contributed by atoms with van der Waals surface area (Å²) in [5.41, 5.74) is 6.51. The number of anilines is 2. The Balaban J connectivity index is 2.18. The number of hydrogen-bond donors (Lipinski definition) is 2. The van der Waals surface area contributed by atoms with Gasteiger partial charge in [-0.05, 0) is 18.9 Å². The fourth-order valence-corrected chi connectivity index (χ4v) is 2.37. The highest BCUT2D eigenvalue weighted by atomic mass is 16.3. The topological polar surface area (TPSA) is 62.4 Å². The number of nitrogens with zero attached hydrogens (tertiary/aromatic N) is 2. The molecule has 0 aromatic carbocycles. The van der Waals surface area contributed by atoms with Gasteiger partial charge in [-0.1, -0.05) is 19.3 Å². The molecule has 0 radical (unpaired) electrons. The van der Waals surface area contributed by atoms with E-state index in [9.17, 15) is 5.11 Å². The molecule has 4 nitrogen and oxygen atoms in total. The molecule has 1 saturated carbocycles. The van der Waals surface area contributed by atoms with E-state index < -0.39 is 0 Å². The fraction of sp³-hybridized carbons (Fsp3) is 0.583. The average molecular weight is 221 g/mol. The SMILES string of the molecule is CN(c1nc(O)ccc1N)C1CCCCC1. The van der Waals surface area contributed by atoms with Crippen LogP contribution in [0.15, 0.2) is 12.1 Å². The Labute approximate surface area is 96.1 Å². The molecule has 0 aliphatic heterocycles. The van der Waals surface area contributed by atoms with Crippen LogP contribution >= 0.6 is 0 Å². The lowest BCUT2D eigenvalue weighted by atomic mass is 9.94. The van der Waals surface area contributed by atoms with Gasteiger partial charge in [-0.3, -0.25) is 0 Å². The monoisotopic (exact) mass is 221 g/mol. The molecular formula is C12H19N3O. The lowest BCUT2D eigenvalue weighted by Gasteiger charge is -2.32. The number of pyridine rings is 1. The largest absolute Gasteiger partial charge is 0.493 e. The van der Waals surface area contributed by atoms with Gasteiger partial charge >= 0.3 is 0 Å². The van der Waals surface area contributed by atoms with Crippen molar-refractivity contribution in [2.24, 2.45) is 0 Å². The van der Waals surface area contributed by atoms with E-state index in [2.05, 4.69) is 9.88 Å². The minimum absolute atomic E-state index is 0.0341. The van der Waals surface area contributed by atoms with Gasteiger partial charge in [0.2, 0.25) is 5.88 Å². The first-order chi connectivity index (χ1) is 7.68. The molecule has 4 heteroatoms. The van der Waals surface area contributed by atoms with Crippen molar-refractivity contribution in [1.82, 2.24) is 4.98 Å². The van der Waals surface area contributed by atoms with Crippen LogP contribution in [0.4, 0.5) is 11.5 Å². The molecule has 0 unspecified atom stereocenters. The molecule has 0 spiro atoms. The summed E-state index contributed by atoms with van der Waals surface area (Å²) in [7, 11) is 2.01. The quantitative estimate of drug-likeness (QED) is 0.803. The summed E-state index contributed by atoms with van der Waals surface area (Å²) < 4.78 is 0. The summed E-state index contributed by atoms with van der Waals surface area (Å²) in [6.45, 7) is 0. The van der Waals surface area contributed by atoms with E-state index in [-0.39, 0.29) is 5.88 Å². The maximum Gasteiger partial charge on any atom is 0.212 e. The van der Waals surface area contributed by atoms with Gasteiger partial charge < -0.3 is 15.7 Å². The van der Waals surface area contributed by atoms with Crippen molar-refractivity contribution in [3.63, 3.8) is 0 Å². The van der Waals surface area contributed by atoms with E-state index in [4.69, 9.17) is 5.73 Å². The third-order valence-corrected chi connectivity index (χ3v) is 3.35. The smallest absolute Gasteiger partial charge is 0.212 e. The Kier molecular flexibility index (Phi) is 3.17. The van der Waals surface area contributed by atoms with Crippen LogP contribution in [-0.4, -0.2) is 23.2 Å².